The van der Waals surface area contributed by atoms with Gasteiger partial charge in [-0.1, -0.05) is 6.07 Å². The van der Waals surface area contributed by atoms with Gasteiger partial charge in [-0.15, -0.1) is 0 Å². The first kappa shape index (κ1) is 11.3. The van der Waals surface area contributed by atoms with E-state index in [-0.39, 0.29) is 6.54 Å². The van der Waals surface area contributed by atoms with Crippen LogP contribution >= 0.6 is 0 Å². The van der Waals surface area contributed by atoms with E-state index >= 15 is 0 Å². The largest absolute Gasteiger partial charge is 0.394 e. The maximum Gasteiger partial charge on any atom is 0.152 e. The third-order valence-corrected chi connectivity index (χ3v) is 2.20. The molecule has 0 spiro atoms. The molecule has 6 heteroatoms. The van der Waals surface area contributed by atoms with Gasteiger partial charge in [0.2, 0.25) is 0 Å². The van der Waals surface area contributed by atoms with Gasteiger partial charge in [-0.25, -0.2) is 18.7 Å². The summed E-state index contributed by atoms with van der Waals surface area (Å²) in [5.41, 5.74) is 6.31. The van der Waals surface area contributed by atoms with Crippen LogP contribution in [0.4, 0.5) is 20.3 Å². The number of hydrogen-bond donors (Lipinski definition) is 2. The van der Waals surface area contributed by atoms with Crippen molar-refractivity contribution in [1.82, 2.24) is 9.97 Å². The summed E-state index contributed by atoms with van der Waals surface area (Å²) in [7, 11) is 0. The Kier molecular flexibility index (Phi) is 3.13. The molecule has 1 heterocycles. The molecule has 0 unspecified atom stereocenters. The van der Waals surface area contributed by atoms with E-state index in [1.807, 2.05) is 0 Å². The highest BCUT2D eigenvalue weighted by Gasteiger charge is 2.05. The van der Waals surface area contributed by atoms with Gasteiger partial charge in [-0.2, -0.15) is 0 Å². The molecule has 3 N–H and O–H groups in total. The molecule has 1 aromatic carbocycles. The second-order valence-electron chi connectivity index (χ2n) is 3.42. The SMILES string of the molecule is Nc1cncnc1NCc1ccc(F)cc1F. The molecular weight excluding hydrogens is 226 g/mol. The molecule has 0 fully saturated rings. The minimum Gasteiger partial charge on any atom is -0.394 e. The molecule has 0 saturated carbocycles. The van der Waals surface area contributed by atoms with Crippen LogP contribution in [-0.4, -0.2) is 9.97 Å². The predicted octanol–water partition coefficient (Wildman–Crippen LogP) is 1.95. The van der Waals surface area contributed by atoms with E-state index in [1.54, 1.807) is 0 Å². The molecule has 0 bridgehead atoms. The number of nitrogens with one attached hydrogen (secondary N) is 1. The summed E-state index contributed by atoms with van der Waals surface area (Å²) in [6.07, 6.45) is 2.77. The Labute approximate surface area is 96.5 Å². The molecule has 0 aliphatic heterocycles. The molecule has 0 radical (unpaired) electrons. The van der Waals surface area contributed by atoms with E-state index < -0.39 is 11.6 Å². The standard InChI is InChI=1S/C11H10F2N4/c12-8-2-1-7(9(13)3-8)4-16-11-10(14)5-15-6-17-11/h1-3,5-6H,4,14H2,(H,15,16,17). The number of anilines is 2. The Hall–Kier alpha value is -2.24. The van der Waals surface area contributed by atoms with Crippen LogP contribution in [-0.2, 0) is 6.54 Å². The lowest BCUT2D eigenvalue weighted by Gasteiger charge is -2.08. The van der Waals surface area contributed by atoms with Crippen molar-refractivity contribution in [2.24, 2.45) is 0 Å². The third-order valence-electron chi connectivity index (χ3n) is 2.20. The molecule has 0 saturated heterocycles. The van der Waals surface area contributed by atoms with Crippen molar-refractivity contribution in [2.45, 2.75) is 6.54 Å². The topological polar surface area (TPSA) is 63.8 Å². The zero-order valence-electron chi connectivity index (χ0n) is 8.82. The Morgan fingerprint density at radius 2 is 2.12 bits per heavy atom. The lowest BCUT2D eigenvalue weighted by atomic mass is 10.2. The number of hydrogen-bond acceptors (Lipinski definition) is 4. The third kappa shape index (κ3) is 2.66. The Morgan fingerprint density at radius 1 is 1.29 bits per heavy atom. The molecule has 4 nitrogen and oxygen atoms in total. The quantitative estimate of drug-likeness (QED) is 0.854. The zero-order chi connectivity index (χ0) is 12.3. The molecule has 2 aromatic rings. The van der Waals surface area contributed by atoms with Crippen molar-refractivity contribution in [3.05, 3.63) is 47.9 Å². The summed E-state index contributed by atoms with van der Waals surface area (Å²) in [6.45, 7) is 0.174. The fourth-order valence-electron chi connectivity index (χ4n) is 1.33. The summed E-state index contributed by atoms with van der Waals surface area (Å²) in [5.74, 6) is -0.790. The second-order valence-corrected chi connectivity index (χ2v) is 3.42. The molecule has 1 aromatic heterocycles. The number of nitrogens with two attached hydrogens (primary N) is 1. The average Bonchev–Trinajstić information content (AvgIpc) is 2.30. The summed E-state index contributed by atoms with van der Waals surface area (Å²) >= 11 is 0. The first-order valence-corrected chi connectivity index (χ1v) is 4.90. The van der Waals surface area contributed by atoms with Crippen molar-refractivity contribution in [3.63, 3.8) is 0 Å². The molecular formula is C11H10F2N4. The molecule has 0 aliphatic rings. The van der Waals surface area contributed by atoms with Gasteiger partial charge in [0.1, 0.15) is 18.0 Å². The van der Waals surface area contributed by atoms with Crippen molar-refractivity contribution in [3.8, 4) is 0 Å². The Morgan fingerprint density at radius 3 is 2.82 bits per heavy atom. The summed E-state index contributed by atoms with van der Waals surface area (Å²) in [6, 6.07) is 3.40. The molecule has 0 aliphatic carbocycles. The van der Waals surface area contributed by atoms with E-state index in [0.717, 1.165) is 6.07 Å². The van der Waals surface area contributed by atoms with Gasteiger partial charge in [0, 0.05) is 18.2 Å². The van der Waals surface area contributed by atoms with Gasteiger partial charge in [0.05, 0.1) is 11.9 Å². The van der Waals surface area contributed by atoms with Gasteiger partial charge < -0.3 is 11.1 Å². The first-order chi connectivity index (χ1) is 8.16. The van der Waals surface area contributed by atoms with Crippen molar-refractivity contribution in [2.75, 3.05) is 11.1 Å². The highest BCUT2D eigenvalue weighted by Crippen LogP contribution is 2.15. The highest BCUT2D eigenvalue weighted by atomic mass is 19.1. The summed E-state index contributed by atoms with van der Waals surface area (Å²) < 4.78 is 26.0. The zero-order valence-corrected chi connectivity index (χ0v) is 8.82. The van der Waals surface area contributed by atoms with E-state index in [4.69, 9.17) is 5.73 Å². The van der Waals surface area contributed by atoms with Crippen LogP contribution < -0.4 is 11.1 Å². The second kappa shape index (κ2) is 4.73. The monoisotopic (exact) mass is 236 g/mol. The lowest BCUT2D eigenvalue weighted by molar-refractivity contribution is 0.574. The van der Waals surface area contributed by atoms with Crippen molar-refractivity contribution in [1.29, 1.82) is 0 Å². The van der Waals surface area contributed by atoms with Crippen LogP contribution in [0.25, 0.3) is 0 Å². The maximum atomic E-state index is 13.3. The number of aromatic nitrogens is 2. The lowest BCUT2D eigenvalue weighted by Crippen LogP contribution is -2.06. The van der Waals surface area contributed by atoms with Crippen LogP contribution in [0, 0.1) is 11.6 Å². The van der Waals surface area contributed by atoms with Crippen LogP contribution in [0.2, 0.25) is 0 Å². The van der Waals surface area contributed by atoms with Crippen molar-refractivity contribution >= 4 is 11.5 Å². The molecule has 0 atom stereocenters. The first-order valence-electron chi connectivity index (χ1n) is 4.90. The van der Waals surface area contributed by atoms with Crippen LogP contribution in [0.1, 0.15) is 5.56 Å². The summed E-state index contributed by atoms with van der Waals surface area (Å²) in [5, 5.41) is 2.85. The maximum absolute atomic E-state index is 13.3. The number of nitrogen functional groups attached to an aromatic ring is 1. The Bertz CT molecular complexity index is 531. The van der Waals surface area contributed by atoms with Crippen LogP contribution in [0.3, 0.4) is 0 Å². The number of halogens is 2. The van der Waals surface area contributed by atoms with Gasteiger partial charge >= 0.3 is 0 Å². The van der Waals surface area contributed by atoms with Crippen LogP contribution in [0.15, 0.2) is 30.7 Å². The van der Waals surface area contributed by atoms with E-state index in [9.17, 15) is 8.78 Å². The highest BCUT2D eigenvalue weighted by molar-refractivity contribution is 5.59. The van der Waals surface area contributed by atoms with Gasteiger partial charge in [0.25, 0.3) is 0 Å². The van der Waals surface area contributed by atoms with E-state index in [1.165, 1.54) is 24.7 Å². The Balaban J connectivity index is 2.10. The molecule has 88 valence electrons. The minimum absolute atomic E-state index is 0.174. The number of rotatable bonds is 3. The molecule has 2 rings (SSSR count). The molecule has 17 heavy (non-hydrogen) atoms. The average molecular weight is 236 g/mol. The van der Waals surface area contributed by atoms with E-state index in [2.05, 4.69) is 15.3 Å². The fourth-order valence-corrected chi connectivity index (χ4v) is 1.33. The summed E-state index contributed by atoms with van der Waals surface area (Å²) in [4.78, 5) is 7.63. The van der Waals surface area contributed by atoms with E-state index in [0.29, 0.717) is 17.1 Å². The van der Waals surface area contributed by atoms with Crippen molar-refractivity contribution < 1.29 is 8.78 Å². The minimum atomic E-state index is -0.606. The van der Waals surface area contributed by atoms with Gasteiger partial charge in [-0.3, -0.25) is 0 Å². The number of benzene rings is 1. The van der Waals surface area contributed by atoms with Gasteiger partial charge in [-0.05, 0) is 6.07 Å². The fraction of sp³-hybridized carbons (Fsp3) is 0.0909. The molecule has 0 amide bonds. The van der Waals surface area contributed by atoms with Gasteiger partial charge in [0.15, 0.2) is 5.82 Å². The number of nitrogens with zero attached hydrogens (tertiary/aromatic N) is 2. The normalized spacial score (nSPS) is 10.2. The predicted molar refractivity (Wildman–Crippen MR) is 60.1 cm³/mol. The smallest absolute Gasteiger partial charge is 0.152 e. The van der Waals surface area contributed by atoms with Crippen LogP contribution in [0.5, 0.6) is 0 Å².